The van der Waals surface area contributed by atoms with Crippen LogP contribution in [0.5, 0.6) is 0 Å². The molecule has 0 aliphatic carbocycles. The molecule has 3 rings (SSSR count). The van der Waals surface area contributed by atoms with Gasteiger partial charge in [0.25, 0.3) is 11.8 Å². The van der Waals surface area contributed by atoms with Crippen LogP contribution in [0, 0.1) is 11.3 Å². The summed E-state index contributed by atoms with van der Waals surface area (Å²) in [6.07, 6.45) is 8.21. The highest BCUT2D eigenvalue weighted by Gasteiger charge is 2.47. The second kappa shape index (κ2) is 10.8. The topological polar surface area (TPSA) is 120 Å². The Morgan fingerprint density at radius 1 is 1.36 bits per heavy atom. The van der Waals surface area contributed by atoms with Gasteiger partial charge in [-0.2, -0.15) is 5.26 Å². The number of carbonyl (C=O) groups is 2. The molecule has 0 radical (unpaired) electrons. The predicted octanol–water partition coefficient (Wildman–Crippen LogP) is 2.89. The molecule has 1 fully saturated rings. The van der Waals surface area contributed by atoms with E-state index in [0.29, 0.717) is 22.0 Å². The molecule has 36 heavy (non-hydrogen) atoms. The van der Waals surface area contributed by atoms with Crippen molar-refractivity contribution in [3.05, 3.63) is 72.5 Å². The van der Waals surface area contributed by atoms with Crippen molar-refractivity contribution >= 4 is 38.1 Å². The molecule has 188 valence electrons. The van der Waals surface area contributed by atoms with Crippen molar-refractivity contribution in [3.63, 3.8) is 0 Å². The first-order chi connectivity index (χ1) is 16.9. The maximum atomic E-state index is 13.6. The van der Waals surface area contributed by atoms with Crippen LogP contribution in [0.25, 0.3) is 16.5 Å². The SMILES string of the molecule is C=C/C(=C\C=C/CS(C)(=O)=O)c1ccc2nccc(C(=O)NCC(=O)N3CC(F)(F)C[C@H]3C#N)c2c1. The van der Waals surface area contributed by atoms with Crippen LogP contribution in [-0.2, 0) is 14.6 Å². The number of likely N-dealkylation sites (tertiary alicyclic amines) is 1. The molecule has 0 unspecified atom stereocenters. The van der Waals surface area contributed by atoms with E-state index in [1.165, 1.54) is 18.3 Å². The molecule has 2 heterocycles. The summed E-state index contributed by atoms with van der Waals surface area (Å²) in [4.78, 5) is 30.3. The third-order valence-electron chi connectivity index (χ3n) is 5.49. The van der Waals surface area contributed by atoms with Gasteiger partial charge in [0.2, 0.25) is 5.91 Å². The molecule has 1 aromatic heterocycles. The van der Waals surface area contributed by atoms with Crippen LogP contribution in [0.4, 0.5) is 8.78 Å². The maximum Gasteiger partial charge on any atom is 0.268 e. The molecule has 0 saturated carbocycles. The van der Waals surface area contributed by atoms with Crippen LogP contribution in [0.15, 0.2) is 61.3 Å². The third kappa shape index (κ3) is 6.60. The van der Waals surface area contributed by atoms with Crippen molar-refractivity contribution in [2.45, 2.75) is 18.4 Å². The molecule has 0 bridgehead atoms. The number of rotatable bonds is 8. The highest BCUT2D eigenvalue weighted by molar-refractivity contribution is 7.90. The predicted molar refractivity (Wildman–Crippen MR) is 132 cm³/mol. The molecule has 8 nitrogen and oxygen atoms in total. The quantitative estimate of drug-likeness (QED) is 0.541. The number of aromatic nitrogens is 1. The highest BCUT2D eigenvalue weighted by atomic mass is 32.2. The largest absolute Gasteiger partial charge is 0.343 e. The van der Waals surface area contributed by atoms with E-state index in [9.17, 15) is 26.8 Å². The number of halogens is 2. The Labute approximate surface area is 207 Å². The zero-order valence-electron chi connectivity index (χ0n) is 19.4. The van der Waals surface area contributed by atoms with Gasteiger partial charge in [-0.25, -0.2) is 17.2 Å². The lowest BCUT2D eigenvalue weighted by molar-refractivity contribution is -0.131. The third-order valence-corrected chi connectivity index (χ3v) is 6.29. The first kappa shape index (κ1) is 26.7. The fraction of sp³-hybridized carbons (Fsp3) is 0.280. The van der Waals surface area contributed by atoms with Gasteiger partial charge in [0, 0.05) is 24.3 Å². The van der Waals surface area contributed by atoms with E-state index in [2.05, 4.69) is 16.9 Å². The summed E-state index contributed by atoms with van der Waals surface area (Å²) in [5.41, 5.74) is 2.09. The molecule has 1 aliphatic heterocycles. The zero-order chi connectivity index (χ0) is 26.5. The lowest BCUT2D eigenvalue weighted by atomic mass is 10.00. The van der Waals surface area contributed by atoms with Gasteiger partial charge in [-0.3, -0.25) is 14.6 Å². The molecular formula is C25H24F2N4O4S. The Bertz CT molecular complexity index is 1410. The minimum Gasteiger partial charge on any atom is -0.343 e. The van der Waals surface area contributed by atoms with Gasteiger partial charge in [0.05, 0.1) is 36.0 Å². The van der Waals surface area contributed by atoms with Crippen molar-refractivity contribution in [1.29, 1.82) is 5.26 Å². The standard InChI is InChI=1S/C25H24F2N4O4S/c1-3-17(6-4-5-11-36(2,34)35)18-7-8-22-21(12-18)20(9-10-29-22)24(33)30-15-23(32)31-16-25(26,27)13-19(31)14-28/h3-10,12,19H,1,11,13,15-16H2,2H3,(H,30,33)/b5-4-,17-6+/t19-/m0/s1. The second-order valence-corrected chi connectivity index (χ2v) is 10.5. The van der Waals surface area contributed by atoms with Gasteiger partial charge in [0.1, 0.15) is 6.04 Å². The number of pyridine rings is 1. The number of nitrogens with one attached hydrogen (secondary N) is 1. The van der Waals surface area contributed by atoms with Crippen molar-refractivity contribution in [3.8, 4) is 6.07 Å². The lowest BCUT2D eigenvalue weighted by Gasteiger charge is -2.19. The van der Waals surface area contributed by atoms with E-state index in [-0.39, 0.29) is 11.3 Å². The number of hydrogen-bond acceptors (Lipinski definition) is 6. The first-order valence-corrected chi connectivity index (χ1v) is 12.9. The minimum absolute atomic E-state index is 0.108. The molecule has 1 atom stereocenters. The minimum atomic E-state index is -3.14. The van der Waals surface area contributed by atoms with Crippen molar-refractivity contribution < 1.29 is 26.8 Å². The normalized spacial score (nSPS) is 17.8. The maximum absolute atomic E-state index is 13.6. The zero-order valence-corrected chi connectivity index (χ0v) is 20.3. The second-order valence-electron chi connectivity index (χ2n) is 8.35. The number of carbonyl (C=O) groups excluding carboxylic acids is 2. The van der Waals surface area contributed by atoms with E-state index >= 15 is 0 Å². The van der Waals surface area contributed by atoms with Gasteiger partial charge in [-0.1, -0.05) is 36.9 Å². The van der Waals surface area contributed by atoms with Crippen molar-refractivity contribution in [2.24, 2.45) is 0 Å². The Balaban J connectivity index is 1.81. The Morgan fingerprint density at radius 2 is 2.11 bits per heavy atom. The molecule has 0 spiro atoms. The highest BCUT2D eigenvalue weighted by Crippen LogP contribution is 2.31. The first-order valence-electron chi connectivity index (χ1n) is 10.9. The van der Waals surface area contributed by atoms with Crippen molar-refractivity contribution in [1.82, 2.24) is 15.2 Å². The van der Waals surface area contributed by atoms with E-state index in [1.54, 1.807) is 42.5 Å². The molecule has 1 aromatic carbocycles. The summed E-state index contributed by atoms with van der Waals surface area (Å²) in [6.45, 7) is 2.37. The van der Waals surface area contributed by atoms with Gasteiger partial charge in [-0.05, 0) is 29.3 Å². The Morgan fingerprint density at radius 3 is 2.78 bits per heavy atom. The summed E-state index contributed by atoms with van der Waals surface area (Å²) >= 11 is 0. The average Bonchev–Trinajstić information content (AvgIpc) is 3.15. The van der Waals surface area contributed by atoms with E-state index < -0.39 is 53.1 Å². The van der Waals surface area contributed by atoms with Crippen LogP contribution in [-0.4, -0.2) is 67.2 Å². The molecule has 2 aromatic rings. The number of hydrogen-bond donors (Lipinski definition) is 1. The van der Waals surface area contributed by atoms with Gasteiger partial charge >= 0.3 is 0 Å². The number of benzene rings is 1. The number of nitrogens with zero attached hydrogens (tertiary/aromatic N) is 3. The summed E-state index contributed by atoms with van der Waals surface area (Å²) in [5.74, 6) is -4.63. The van der Waals surface area contributed by atoms with E-state index in [4.69, 9.17) is 5.26 Å². The fourth-order valence-corrected chi connectivity index (χ4v) is 4.22. The summed E-state index contributed by atoms with van der Waals surface area (Å²) in [5, 5.41) is 12.0. The Kier molecular flexibility index (Phi) is 8.00. The molecule has 11 heteroatoms. The van der Waals surface area contributed by atoms with Crippen LogP contribution >= 0.6 is 0 Å². The van der Waals surface area contributed by atoms with Crippen LogP contribution in [0.1, 0.15) is 22.3 Å². The number of nitriles is 1. The number of sulfone groups is 1. The smallest absolute Gasteiger partial charge is 0.268 e. The van der Waals surface area contributed by atoms with Crippen LogP contribution in [0.2, 0.25) is 0 Å². The van der Waals surface area contributed by atoms with E-state index in [1.807, 2.05) is 0 Å². The summed E-state index contributed by atoms with van der Waals surface area (Å²) < 4.78 is 49.8. The average molecular weight is 515 g/mol. The molecular weight excluding hydrogens is 490 g/mol. The van der Waals surface area contributed by atoms with Gasteiger partial charge in [-0.15, -0.1) is 0 Å². The molecule has 1 N–H and O–H groups in total. The molecule has 1 aliphatic rings. The monoisotopic (exact) mass is 514 g/mol. The van der Waals surface area contributed by atoms with Crippen LogP contribution in [0.3, 0.4) is 0 Å². The number of allylic oxidation sites excluding steroid dienone is 4. The summed E-state index contributed by atoms with van der Waals surface area (Å²) in [6, 6.07) is 7.11. The number of amides is 2. The molecule has 1 saturated heterocycles. The fourth-order valence-electron chi connectivity index (χ4n) is 3.75. The summed E-state index contributed by atoms with van der Waals surface area (Å²) in [7, 11) is -3.14. The lowest BCUT2D eigenvalue weighted by Crippen LogP contribution is -2.43. The van der Waals surface area contributed by atoms with Crippen molar-refractivity contribution in [2.75, 3.05) is 25.1 Å². The Hall–Kier alpha value is -3.91. The van der Waals surface area contributed by atoms with Crippen LogP contribution < -0.4 is 5.32 Å². The molecule has 2 amide bonds. The number of alkyl halides is 2. The van der Waals surface area contributed by atoms with E-state index in [0.717, 1.165) is 11.2 Å². The number of fused-ring (bicyclic) bond motifs is 1. The van der Waals surface area contributed by atoms with Gasteiger partial charge in [0.15, 0.2) is 9.84 Å². The van der Waals surface area contributed by atoms with Gasteiger partial charge < -0.3 is 10.2 Å².